The van der Waals surface area contributed by atoms with E-state index in [0.29, 0.717) is 36.0 Å². The molecule has 0 unspecified atom stereocenters. The number of halogens is 2. The quantitative estimate of drug-likeness (QED) is 0.592. The minimum atomic E-state index is -0.297. The van der Waals surface area contributed by atoms with Gasteiger partial charge in [0.15, 0.2) is 5.65 Å². The van der Waals surface area contributed by atoms with Crippen molar-refractivity contribution in [3.63, 3.8) is 0 Å². The fourth-order valence-corrected chi connectivity index (χ4v) is 5.15. The number of carbonyl (C=O) groups excluding carboxylic acids is 1. The normalized spacial score (nSPS) is 18.7. The number of aromatic nitrogens is 3. The van der Waals surface area contributed by atoms with Crippen molar-refractivity contribution in [2.45, 2.75) is 46.2 Å². The van der Waals surface area contributed by atoms with E-state index in [0.717, 1.165) is 59.8 Å². The van der Waals surface area contributed by atoms with Gasteiger partial charge in [-0.2, -0.15) is 5.10 Å². The lowest BCUT2D eigenvalue weighted by Gasteiger charge is -2.19. The van der Waals surface area contributed by atoms with Crippen molar-refractivity contribution in [3.8, 4) is 0 Å². The Bertz CT molecular complexity index is 1220. The number of fused-ring (bicyclic) bond motifs is 3. The lowest BCUT2D eigenvalue weighted by molar-refractivity contribution is 0.0748. The Morgan fingerprint density at radius 3 is 2.84 bits per heavy atom. The van der Waals surface area contributed by atoms with Gasteiger partial charge in [-0.1, -0.05) is 11.6 Å². The number of carbonyl (C=O) groups is 1. The highest BCUT2D eigenvalue weighted by Gasteiger charge is 2.31. The Balaban J connectivity index is 1.38. The van der Waals surface area contributed by atoms with E-state index in [1.807, 2.05) is 13.8 Å². The maximum absolute atomic E-state index is 14.0. The molecule has 0 radical (unpaired) electrons. The molecule has 0 saturated carbocycles. The van der Waals surface area contributed by atoms with Gasteiger partial charge in [-0.15, -0.1) is 0 Å². The van der Waals surface area contributed by atoms with Crippen molar-refractivity contribution in [3.05, 3.63) is 62.8 Å². The summed E-state index contributed by atoms with van der Waals surface area (Å²) in [6.45, 7) is 6.82. The molecule has 4 heterocycles. The van der Waals surface area contributed by atoms with E-state index in [-0.39, 0.29) is 11.7 Å². The molecule has 0 aliphatic carbocycles. The molecule has 3 aromatic rings. The van der Waals surface area contributed by atoms with Crippen LogP contribution in [-0.2, 0) is 19.5 Å². The topological polar surface area (TPSA) is 53.7 Å². The molecular weight excluding hydrogens is 429 g/mol. The number of hydrogen-bond donors (Lipinski definition) is 0. The maximum Gasteiger partial charge on any atom is 0.254 e. The first-order valence-corrected chi connectivity index (χ1v) is 11.5. The van der Waals surface area contributed by atoms with Gasteiger partial charge >= 0.3 is 0 Å². The molecule has 8 heteroatoms. The Labute approximate surface area is 192 Å². The van der Waals surface area contributed by atoms with Crippen LogP contribution in [-0.4, -0.2) is 50.4 Å². The number of aryl methyl sites for hydroxylation is 3. The molecule has 0 N–H and O–H groups in total. The molecule has 1 amide bonds. The minimum Gasteiger partial charge on any atom is -0.328 e. The van der Waals surface area contributed by atoms with Gasteiger partial charge in [0.1, 0.15) is 5.82 Å². The van der Waals surface area contributed by atoms with Crippen LogP contribution in [0.5, 0.6) is 0 Å². The first kappa shape index (κ1) is 21.3. The van der Waals surface area contributed by atoms with E-state index >= 15 is 0 Å². The number of amides is 1. The van der Waals surface area contributed by atoms with Crippen LogP contribution in [0.2, 0.25) is 5.02 Å². The van der Waals surface area contributed by atoms with Gasteiger partial charge in [-0.25, -0.2) is 13.9 Å². The average Bonchev–Trinajstić information content (AvgIpc) is 3.45. The van der Waals surface area contributed by atoms with E-state index < -0.39 is 0 Å². The molecule has 5 rings (SSSR count). The van der Waals surface area contributed by atoms with Crippen molar-refractivity contribution in [2.75, 3.05) is 20.1 Å². The zero-order chi connectivity index (χ0) is 22.6. The first-order chi connectivity index (χ1) is 15.3. The summed E-state index contributed by atoms with van der Waals surface area (Å²) >= 11 is 6.33. The van der Waals surface area contributed by atoms with Crippen molar-refractivity contribution in [2.24, 2.45) is 5.92 Å². The zero-order valence-corrected chi connectivity index (χ0v) is 19.4. The van der Waals surface area contributed by atoms with Gasteiger partial charge in [0.05, 0.1) is 35.2 Å². The highest BCUT2D eigenvalue weighted by Crippen LogP contribution is 2.31. The molecule has 2 aromatic heterocycles. The smallest absolute Gasteiger partial charge is 0.254 e. The molecule has 32 heavy (non-hydrogen) atoms. The predicted octanol–water partition coefficient (Wildman–Crippen LogP) is 4.18. The summed E-state index contributed by atoms with van der Waals surface area (Å²) in [7, 11) is 2.13. The van der Waals surface area contributed by atoms with E-state index in [2.05, 4.69) is 22.0 Å². The fourth-order valence-electron chi connectivity index (χ4n) is 5.03. The molecular formula is C24H27ClFN5O. The number of rotatable bonds is 4. The summed E-state index contributed by atoms with van der Waals surface area (Å²) in [5.74, 6) is 0.219. The maximum atomic E-state index is 14.0. The van der Waals surface area contributed by atoms with Crippen molar-refractivity contribution >= 4 is 23.2 Å². The predicted molar refractivity (Wildman–Crippen MR) is 121 cm³/mol. The monoisotopic (exact) mass is 455 g/mol. The van der Waals surface area contributed by atoms with Gasteiger partial charge in [-0.3, -0.25) is 4.79 Å². The van der Waals surface area contributed by atoms with Crippen molar-refractivity contribution in [1.82, 2.24) is 24.4 Å². The SMILES string of the molecule is Cc1nc2c3c(nn2c(C)c1Cl)CN(C(=O)c1ccc(F)cc1CC[C@H]1CCN(C)C1)C3. The second-order valence-electron chi connectivity index (χ2n) is 9.18. The zero-order valence-electron chi connectivity index (χ0n) is 18.7. The minimum absolute atomic E-state index is 0.0814. The Morgan fingerprint density at radius 2 is 2.09 bits per heavy atom. The first-order valence-electron chi connectivity index (χ1n) is 11.1. The van der Waals surface area contributed by atoms with E-state index in [9.17, 15) is 9.18 Å². The van der Waals surface area contributed by atoms with Crippen LogP contribution in [0.3, 0.4) is 0 Å². The highest BCUT2D eigenvalue weighted by molar-refractivity contribution is 6.31. The molecule has 0 spiro atoms. The van der Waals surface area contributed by atoms with E-state index in [1.165, 1.54) is 12.1 Å². The fraction of sp³-hybridized carbons (Fsp3) is 0.458. The summed E-state index contributed by atoms with van der Waals surface area (Å²) in [6.07, 6.45) is 2.83. The molecule has 6 nitrogen and oxygen atoms in total. The third-order valence-electron chi connectivity index (χ3n) is 6.85. The van der Waals surface area contributed by atoms with Crippen molar-refractivity contribution in [1.29, 1.82) is 0 Å². The molecule has 168 valence electrons. The lowest BCUT2D eigenvalue weighted by Crippen LogP contribution is -2.27. The van der Waals surface area contributed by atoms with Crippen LogP contribution < -0.4 is 0 Å². The van der Waals surface area contributed by atoms with E-state index in [1.54, 1.807) is 15.5 Å². The molecule has 1 fully saturated rings. The number of benzene rings is 1. The third kappa shape index (κ3) is 3.67. The van der Waals surface area contributed by atoms with Crippen LogP contribution in [0.1, 0.15) is 51.4 Å². The molecule has 1 atom stereocenters. The molecule has 2 aliphatic heterocycles. The number of likely N-dealkylation sites (tertiary alicyclic amines) is 1. The second-order valence-corrected chi connectivity index (χ2v) is 9.55. The summed E-state index contributed by atoms with van der Waals surface area (Å²) in [5, 5.41) is 5.27. The standard InChI is InChI=1S/C24H27ClFN5O/c1-14-22(25)15(2)31-23(27-14)20-12-30(13-21(20)28-31)24(32)19-7-6-18(26)10-17(19)5-4-16-8-9-29(3)11-16/h6-7,10,16H,4-5,8-9,11-13H2,1-3H3/t16-/m0/s1. The Kier molecular flexibility index (Phi) is 5.42. The van der Waals surface area contributed by atoms with Gasteiger partial charge < -0.3 is 9.80 Å². The van der Waals surface area contributed by atoms with Crippen LogP contribution in [0.15, 0.2) is 18.2 Å². The van der Waals surface area contributed by atoms with Crippen LogP contribution >= 0.6 is 11.6 Å². The third-order valence-corrected chi connectivity index (χ3v) is 7.40. The van der Waals surface area contributed by atoms with Crippen LogP contribution in [0, 0.1) is 25.6 Å². The van der Waals surface area contributed by atoms with Crippen LogP contribution in [0.25, 0.3) is 5.65 Å². The summed E-state index contributed by atoms with van der Waals surface area (Å²) in [5.41, 5.74) is 5.53. The summed E-state index contributed by atoms with van der Waals surface area (Å²) < 4.78 is 15.8. The van der Waals surface area contributed by atoms with Gasteiger partial charge in [0.2, 0.25) is 0 Å². The highest BCUT2D eigenvalue weighted by atomic mass is 35.5. The summed E-state index contributed by atoms with van der Waals surface area (Å²) in [4.78, 5) is 22.2. The molecule has 2 aliphatic rings. The molecule has 1 aromatic carbocycles. The number of hydrogen-bond acceptors (Lipinski definition) is 4. The van der Waals surface area contributed by atoms with Crippen LogP contribution in [0.4, 0.5) is 4.39 Å². The second kappa shape index (κ2) is 8.12. The van der Waals surface area contributed by atoms with Gasteiger partial charge in [0, 0.05) is 17.7 Å². The van der Waals surface area contributed by atoms with Gasteiger partial charge in [-0.05, 0) is 76.4 Å². The Morgan fingerprint density at radius 1 is 1.28 bits per heavy atom. The van der Waals surface area contributed by atoms with Gasteiger partial charge in [0.25, 0.3) is 5.91 Å². The lowest BCUT2D eigenvalue weighted by atomic mass is 9.95. The number of nitrogens with zero attached hydrogens (tertiary/aromatic N) is 5. The van der Waals surface area contributed by atoms with Crippen molar-refractivity contribution < 1.29 is 9.18 Å². The van der Waals surface area contributed by atoms with E-state index in [4.69, 9.17) is 11.6 Å². The molecule has 0 bridgehead atoms. The Hall–Kier alpha value is -2.51. The summed E-state index contributed by atoms with van der Waals surface area (Å²) in [6, 6.07) is 4.53. The average molecular weight is 456 g/mol. The largest absolute Gasteiger partial charge is 0.328 e. The molecule has 1 saturated heterocycles.